The lowest BCUT2D eigenvalue weighted by Gasteiger charge is -2.33. The van der Waals surface area contributed by atoms with Crippen LogP contribution >= 0.6 is 0 Å². The molecule has 1 aliphatic rings. The third-order valence-corrected chi connectivity index (χ3v) is 6.17. The second-order valence-corrected chi connectivity index (χ2v) is 9.00. The molecule has 0 heterocycles. The Morgan fingerprint density at radius 2 is 1.79 bits per heavy atom. The lowest BCUT2D eigenvalue weighted by Crippen LogP contribution is -2.36. The SMILES string of the molecule is CN(C(=O)COC(=O)c1ccc(S(C)(=O)=O)cc1)C1CCCc2ccccc21. The number of fused-ring (bicyclic) bond motifs is 1. The number of likely N-dealkylation sites (N-methyl/N-ethyl adjacent to an activating group) is 1. The first-order valence-electron chi connectivity index (χ1n) is 9.08. The third kappa shape index (κ3) is 4.42. The average Bonchev–Trinajstić information content (AvgIpc) is 2.70. The Morgan fingerprint density at radius 3 is 2.46 bits per heavy atom. The van der Waals surface area contributed by atoms with Crippen LogP contribution in [0, 0.1) is 0 Å². The summed E-state index contributed by atoms with van der Waals surface area (Å²) in [4.78, 5) is 26.5. The summed E-state index contributed by atoms with van der Waals surface area (Å²) in [5.41, 5.74) is 2.60. The minimum atomic E-state index is -3.33. The van der Waals surface area contributed by atoms with Gasteiger partial charge in [0.2, 0.25) is 0 Å². The van der Waals surface area contributed by atoms with E-state index in [0.29, 0.717) is 0 Å². The zero-order valence-electron chi connectivity index (χ0n) is 15.9. The minimum absolute atomic E-state index is 0.0230. The molecule has 0 spiro atoms. The van der Waals surface area contributed by atoms with E-state index in [9.17, 15) is 18.0 Å². The zero-order chi connectivity index (χ0) is 20.3. The molecule has 1 amide bonds. The number of hydrogen-bond donors (Lipinski definition) is 0. The summed E-state index contributed by atoms with van der Waals surface area (Å²) >= 11 is 0. The van der Waals surface area contributed by atoms with E-state index in [-0.39, 0.29) is 29.0 Å². The second-order valence-electron chi connectivity index (χ2n) is 6.98. The monoisotopic (exact) mass is 401 g/mol. The van der Waals surface area contributed by atoms with Crippen molar-refractivity contribution in [2.75, 3.05) is 19.9 Å². The average molecular weight is 401 g/mol. The van der Waals surface area contributed by atoms with Gasteiger partial charge in [-0.05, 0) is 54.7 Å². The zero-order valence-corrected chi connectivity index (χ0v) is 16.7. The summed E-state index contributed by atoms with van der Waals surface area (Å²) in [5, 5.41) is 0. The highest BCUT2D eigenvalue weighted by molar-refractivity contribution is 7.90. The molecule has 0 bridgehead atoms. The van der Waals surface area contributed by atoms with Gasteiger partial charge < -0.3 is 9.64 Å². The molecule has 1 unspecified atom stereocenters. The van der Waals surface area contributed by atoms with Crippen LogP contribution in [0.5, 0.6) is 0 Å². The summed E-state index contributed by atoms with van der Waals surface area (Å²) in [6.07, 6.45) is 3.98. The highest BCUT2D eigenvalue weighted by Crippen LogP contribution is 2.33. The van der Waals surface area contributed by atoms with Crippen LogP contribution in [0.3, 0.4) is 0 Å². The summed E-state index contributed by atoms with van der Waals surface area (Å²) < 4.78 is 28.1. The summed E-state index contributed by atoms with van der Waals surface area (Å²) in [6, 6.07) is 13.5. The molecular weight excluding hydrogens is 378 g/mol. The Hall–Kier alpha value is -2.67. The topological polar surface area (TPSA) is 80.8 Å². The van der Waals surface area contributed by atoms with Crippen molar-refractivity contribution in [1.82, 2.24) is 4.90 Å². The van der Waals surface area contributed by atoms with Crippen LogP contribution in [0.25, 0.3) is 0 Å². The van der Waals surface area contributed by atoms with E-state index in [0.717, 1.165) is 31.1 Å². The molecule has 0 fully saturated rings. The number of carbonyl (C=O) groups excluding carboxylic acids is 2. The number of hydrogen-bond acceptors (Lipinski definition) is 5. The maximum absolute atomic E-state index is 12.5. The highest BCUT2D eigenvalue weighted by Gasteiger charge is 2.27. The van der Waals surface area contributed by atoms with Crippen molar-refractivity contribution >= 4 is 21.7 Å². The molecule has 7 heteroatoms. The van der Waals surface area contributed by atoms with Crippen LogP contribution in [-0.4, -0.2) is 45.1 Å². The first-order chi connectivity index (χ1) is 13.3. The Kier molecular flexibility index (Phi) is 5.84. The van der Waals surface area contributed by atoms with Crippen LogP contribution in [0.4, 0.5) is 0 Å². The predicted octanol–water partition coefficient (Wildman–Crippen LogP) is 2.78. The summed E-state index contributed by atoms with van der Waals surface area (Å²) in [6.45, 7) is -0.359. The maximum atomic E-state index is 12.5. The molecule has 148 valence electrons. The Labute approximate surface area is 165 Å². The quantitative estimate of drug-likeness (QED) is 0.720. The minimum Gasteiger partial charge on any atom is -0.452 e. The van der Waals surface area contributed by atoms with Gasteiger partial charge in [0.05, 0.1) is 16.5 Å². The van der Waals surface area contributed by atoms with Crippen molar-refractivity contribution in [3.63, 3.8) is 0 Å². The van der Waals surface area contributed by atoms with Crippen LogP contribution in [-0.2, 0) is 25.8 Å². The van der Waals surface area contributed by atoms with Gasteiger partial charge in [-0.3, -0.25) is 4.79 Å². The van der Waals surface area contributed by atoms with E-state index in [1.165, 1.54) is 29.8 Å². The highest BCUT2D eigenvalue weighted by atomic mass is 32.2. The molecule has 3 rings (SSSR count). The fourth-order valence-corrected chi connectivity index (χ4v) is 4.09. The first-order valence-corrected chi connectivity index (χ1v) is 11.0. The number of carbonyl (C=O) groups is 2. The van der Waals surface area contributed by atoms with Crippen molar-refractivity contribution in [2.24, 2.45) is 0 Å². The Balaban J connectivity index is 1.62. The van der Waals surface area contributed by atoms with Gasteiger partial charge in [0.25, 0.3) is 5.91 Å². The number of sulfone groups is 1. The van der Waals surface area contributed by atoms with Gasteiger partial charge in [-0.15, -0.1) is 0 Å². The first kappa shape index (κ1) is 20.1. The number of aryl methyl sites for hydroxylation is 1. The molecule has 1 aliphatic carbocycles. The molecule has 0 radical (unpaired) electrons. The van der Waals surface area contributed by atoms with Crippen LogP contribution in [0.1, 0.15) is 40.4 Å². The summed E-state index contributed by atoms with van der Waals surface area (Å²) in [5.74, 6) is -0.936. The number of nitrogens with zero attached hydrogens (tertiary/aromatic N) is 1. The van der Waals surface area contributed by atoms with Crippen molar-refractivity contribution in [1.29, 1.82) is 0 Å². The van der Waals surface area contributed by atoms with E-state index in [1.807, 2.05) is 18.2 Å². The van der Waals surface area contributed by atoms with E-state index < -0.39 is 15.8 Å². The molecule has 6 nitrogen and oxygen atoms in total. The molecule has 0 aromatic heterocycles. The second kappa shape index (κ2) is 8.14. The van der Waals surface area contributed by atoms with Gasteiger partial charge in [-0.2, -0.15) is 0 Å². The third-order valence-electron chi connectivity index (χ3n) is 5.04. The van der Waals surface area contributed by atoms with Crippen molar-refractivity contribution in [3.8, 4) is 0 Å². The smallest absolute Gasteiger partial charge is 0.338 e. The van der Waals surface area contributed by atoms with Gasteiger partial charge >= 0.3 is 5.97 Å². The normalized spacial score (nSPS) is 16.1. The van der Waals surface area contributed by atoms with Gasteiger partial charge in [-0.1, -0.05) is 24.3 Å². The van der Waals surface area contributed by atoms with Crippen LogP contribution in [0.2, 0.25) is 0 Å². The van der Waals surface area contributed by atoms with Gasteiger partial charge in [-0.25, -0.2) is 13.2 Å². The molecular formula is C21H23NO5S. The number of ether oxygens (including phenoxy) is 1. The molecule has 0 aliphatic heterocycles. The maximum Gasteiger partial charge on any atom is 0.338 e. The molecule has 1 atom stereocenters. The predicted molar refractivity (Wildman–Crippen MR) is 105 cm³/mol. The van der Waals surface area contributed by atoms with Crippen LogP contribution < -0.4 is 0 Å². The largest absolute Gasteiger partial charge is 0.452 e. The number of rotatable bonds is 5. The van der Waals surface area contributed by atoms with Gasteiger partial charge in [0.15, 0.2) is 16.4 Å². The van der Waals surface area contributed by atoms with E-state index in [2.05, 4.69) is 6.07 Å². The molecule has 2 aromatic carbocycles. The Morgan fingerprint density at radius 1 is 1.11 bits per heavy atom. The lowest BCUT2D eigenvalue weighted by atomic mass is 9.87. The van der Waals surface area contributed by atoms with Gasteiger partial charge in [0.1, 0.15) is 0 Å². The van der Waals surface area contributed by atoms with E-state index >= 15 is 0 Å². The van der Waals surface area contributed by atoms with Crippen molar-refractivity contribution < 1.29 is 22.7 Å². The number of benzene rings is 2. The fraction of sp³-hybridized carbons (Fsp3) is 0.333. The van der Waals surface area contributed by atoms with Crippen molar-refractivity contribution in [2.45, 2.75) is 30.2 Å². The molecule has 2 aromatic rings. The molecule has 0 saturated carbocycles. The number of amides is 1. The van der Waals surface area contributed by atoms with Crippen LogP contribution in [0.15, 0.2) is 53.4 Å². The van der Waals surface area contributed by atoms with E-state index in [4.69, 9.17) is 4.74 Å². The van der Waals surface area contributed by atoms with Gasteiger partial charge in [0, 0.05) is 13.3 Å². The molecule has 28 heavy (non-hydrogen) atoms. The molecule has 0 N–H and O–H groups in total. The molecule has 0 saturated heterocycles. The number of esters is 1. The van der Waals surface area contributed by atoms with Crippen molar-refractivity contribution in [3.05, 3.63) is 65.2 Å². The lowest BCUT2D eigenvalue weighted by molar-refractivity contribution is -0.135. The van der Waals surface area contributed by atoms with E-state index in [1.54, 1.807) is 11.9 Å². The fourth-order valence-electron chi connectivity index (χ4n) is 3.46. The Bertz CT molecular complexity index is 982. The summed E-state index contributed by atoms with van der Waals surface area (Å²) in [7, 11) is -1.61. The standard InChI is InChI=1S/C21H23NO5S/c1-22(19-9-5-7-15-6-3-4-8-18(15)19)20(23)14-27-21(24)16-10-12-17(13-11-16)28(2,25)26/h3-4,6,8,10-13,19H,5,7,9,14H2,1-2H3.